The molecule has 1 aromatic carbocycles. The Morgan fingerprint density at radius 3 is 2.83 bits per heavy atom. The van der Waals surface area contributed by atoms with Gasteiger partial charge in [0.15, 0.2) is 5.82 Å². The number of nitrogens with zero attached hydrogens (tertiary/aromatic N) is 3. The summed E-state index contributed by atoms with van der Waals surface area (Å²) in [5, 5.41) is 3.83. The van der Waals surface area contributed by atoms with Crippen LogP contribution in [0.1, 0.15) is 26.2 Å². The van der Waals surface area contributed by atoms with Crippen molar-refractivity contribution in [2.75, 3.05) is 11.4 Å². The van der Waals surface area contributed by atoms with Gasteiger partial charge in [-0.15, -0.1) is 11.3 Å². The first-order valence-corrected chi connectivity index (χ1v) is 9.26. The molecule has 23 heavy (non-hydrogen) atoms. The zero-order valence-electron chi connectivity index (χ0n) is 13.0. The van der Waals surface area contributed by atoms with Crippen molar-refractivity contribution in [1.82, 2.24) is 9.97 Å². The third-order valence-corrected chi connectivity index (χ3v) is 5.82. The van der Waals surface area contributed by atoms with Crippen LogP contribution in [0.25, 0.3) is 21.6 Å². The molecule has 0 bridgehead atoms. The second-order valence-electron chi connectivity index (χ2n) is 6.02. The zero-order chi connectivity index (χ0) is 15.8. The van der Waals surface area contributed by atoms with Gasteiger partial charge in [0.05, 0.1) is 15.4 Å². The summed E-state index contributed by atoms with van der Waals surface area (Å²) in [6, 6.07) is 10.7. The van der Waals surface area contributed by atoms with Gasteiger partial charge in [-0.2, -0.15) is 0 Å². The molecule has 2 aromatic heterocycles. The lowest BCUT2D eigenvalue weighted by Crippen LogP contribution is -2.38. The predicted molar refractivity (Wildman–Crippen MR) is 98.5 cm³/mol. The van der Waals surface area contributed by atoms with Gasteiger partial charge in [0, 0.05) is 18.0 Å². The Hall–Kier alpha value is -1.65. The highest BCUT2D eigenvalue weighted by molar-refractivity contribution is 7.14. The van der Waals surface area contributed by atoms with Gasteiger partial charge in [-0.1, -0.05) is 23.7 Å². The van der Waals surface area contributed by atoms with Crippen LogP contribution >= 0.6 is 22.9 Å². The van der Waals surface area contributed by atoms with E-state index < -0.39 is 0 Å². The van der Waals surface area contributed by atoms with Crippen LogP contribution < -0.4 is 4.90 Å². The number of anilines is 1. The second-order valence-corrected chi connectivity index (χ2v) is 7.35. The average Bonchev–Trinajstić information content (AvgIpc) is 3.00. The molecule has 0 N–H and O–H groups in total. The standard InChI is InChI=1S/C18H18ClN3S/c1-12-6-4-5-10-22(12)18-13-7-2-3-8-15(13)20-17(21-18)16-14(19)9-11-23-16/h2-3,7-9,11-12H,4-6,10H2,1H3. The highest BCUT2D eigenvalue weighted by Crippen LogP contribution is 2.35. The maximum absolute atomic E-state index is 6.31. The van der Waals surface area contributed by atoms with Gasteiger partial charge in [-0.25, -0.2) is 9.97 Å². The summed E-state index contributed by atoms with van der Waals surface area (Å²) in [6.45, 7) is 3.34. The van der Waals surface area contributed by atoms with Crippen molar-refractivity contribution < 1.29 is 0 Å². The third kappa shape index (κ3) is 2.70. The van der Waals surface area contributed by atoms with E-state index in [1.54, 1.807) is 11.3 Å². The second kappa shape index (κ2) is 6.10. The van der Waals surface area contributed by atoms with E-state index in [1.165, 1.54) is 19.3 Å². The van der Waals surface area contributed by atoms with E-state index in [2.05, 4.69) is 30.0 Å². The topological polar surface area (TPSA) is 29.0 Å². The molecule has 118 valence electrons. The molecule has 3 heterocycles. The molecule has 0 radical (unpaired) electrons. The Morgan fingerprint density at radius 1 is 1.17 bits per heavy atom. The molecule has 0 aliphatic carbocycles. The number of thiophene rings is 1. The van der Waals surface area contributed by atoms with Gasteiger partial charge in [0.1, 0.15) is 5.82 Å². The molecule has 0 amide bonds. The largest absolute Gasteiger partial charge is 0.353 e. The van der Waals surface area contributed by atoms with E-state index in [0.717, 1.165) is 39.0 Å². The van der Waals surface area contributed by atoms with E-state index in [-0.39, 0.29) is 0 Å². The Balaban J connectivity index is 1.92. The highest BCUT2D eigenvalue weighted by atomic mass is 35.5. The van der Waals surface area contributed by atoms with Gasteiger partial charge in [-0.05, 0) is 49.8 Å². The van der Waals surface area contributed by atoms with Crippen molar-refractivity contribution in [3.05, 3.63) is 40.7 Å². The Labute approximate surface area is 144 Å². The monoisotopic (exact) mass is 343 g/mol. The number of para-hydroxylation sites is 1. The smallest absolute Gasteiger partial charge is 0.173 e. The number of halogens is 1. The first kappa shape index (κ1) is 14.9. The summed E-state index contributed by atoms with van der Waals surface area (Å²) in [6.07, 6.45) is 3.73. The van der Waals surface area contributed by atoms with Crippen LogP contribution in [0.5, 0.6) is 0 Å². The number of aromatic nitrogens is 2. The van der Waals surface area contributed by atoms with E-state index in [9.17, 15) is 0 Å². The summed E-state index contributed by atoms with van der Waals surface area (Å²) in [7, 11) is 0. The minimum Gasteiger partial charge on any atom is -0.353 e. The molecule has 4 rings (SSSR count). The van der Waals surface area contributed by atoms with E-state index in [4.69, 9.17) is 21.6 Å². The van der Waals surface area contributed by atoms with Crippen molar-refractivity contribution >= 4 is 39.7 Å². The van der Waals surface area contributed by atoms with Gasteiger partial charge < -0.3 is 4.90 Å². The first-order chi connectivity index (χ1) is 11.2. The van der Waals surface area contributed by atoms with Crippen LogP contribution in [0.3, 0.4) is 0 Å². The fourth-order valence-corrected chi connectivity index (χ4v) is 4.32. The summed E-state index contributed by atoms with van der Waals surface area (Å²) in [4.78, 5) is 13.0. The van der Waals surface area contributed by atoms with Gasteiger partial charge in [0.25, 0.3) is 0 Å². The Kier molecular flexibility index (Phi) is 3.95. The van der Waals surface area contributed by atoms with Gasteiger partial charge >= 0.3 is 0 Å². The number of hydrogen-bond acceptors (Lipinski definition) is 4. The first-order valence-electron chi connectivity index (χ1n) is 8.01. The molecule has 1 unspecified atom stereocenters. The van der Waals surface area contributed by atoms with E-state index >= 15 is 0 Å². The number of hydrogen-bond donors (Lipinski definition) is 0. The molecule has 3 nitrogen and oxygen atoms in total. The normalized spacial score (nSPS) is 18.5. The van der Waals surface area contributed by atoms with Crippen molar-refractivity contribution in [3.8, 4) is 10.7 Å². The van der Waals surface area contributed by atoms with Crippen molar-refractivity contribution in [2.45, 2.75) is 32.2 Å². The number of fused-ring (bicyclic) bond motifs is 1. The average molecular weight is 344 g/mol. The molecule has 1 atom stereocenters. The lowest BCUT2D eigenvalue weighted by atomic mass is 10.0. The van der Waals surface area contributed by atoms with Crippen molar-refractivity contribution in [1.29, 1.82) is 0 Å². The number of rotatable bonds is 2. The third-order valence-electron chi connectivity index (χ3n) is 4.48. The molecule has 3 aromatic rings. The Bertz CT molecular complexity index is 845. The van der Waals surface area contributed by atoms with Gasteiger partial charge in [0.2, 0.25) is 0 Å². The van der Waals surface area contributed by atoms with Crippen LogP contribution in [-0.2, 0) is 0 Å². The minimum absolute atomic E-state index is 0.508. The predicted octanol–water partition coefficient (Wildman–Crippen LogP) is 5.39. The Morgan fingerprint density at radius 2 is 2.04 bits per heavy atom. The lowest BCUT2D eigenvalue weighted by Gasteiger charge is -2.35. The molecule has 0 spiro atoms. The molecule has 1 saturated heterocycles. The summed E-state index contributed by atoms with van der Waals surface area (Å²) < 4.78 is 0. The van der Waals surface area contributed by atoms with Crippen molar-refractivity contribution in [3.63, 3.8) is 0 Å². The molecule has 5 heteroatoms. The van der Waals surface area contributed by atoms with Crippen LogP contribution in [0.15, 0.2) is 35.7 Å². The molecule has 0 saturated carbocycles. The highest BCUT2D eigenvalue weighted by Gasteiger charge is 2.23. The summed E-state index contributed by atoms with van der Waals surface area (Å²) in [5.41, 5.74) is 0.981. The van der Waals surface area contributed by atoms with Gasteiger partial charge in [-0.3, -0.25) is 0 Å². The van der Waals surface area contributed by atoms with E-state index in [1.807, 2.05) is 17.5 Å². The SMILES string of the molecule is CC1CCCCN1c1nc(-c2sccc2Cl)nc2ccccc12. The lowest BCUT2D eigenvalue weighted by molar-refractivity contribution is 0.482. The van der Waals surface area contributed by atoms with Crippen molar-refractivity contribution in [2.24, 2.45) is 0 Å². The molecular formula is C18H18ClN3S. The quantitative estimate of drug-likeness (QED) is 0.624. The van der Waals surface area contributed by atoms with Crippen LogP contribution in [0.4, 0.5) is 5.82 Å². The zero-order valence-corrected chi connectivity index (χ0v) is 14.6. The number of piperidine rings is 1. The maximum atomic E-state index is 6.31. The molecule has 1 fully saturated rings. The number of benzene rings is 1. The minimum atomic E-state index is 0.508. The summed E-state index contributed by atoms with van der Waals surface area (Å²) in [5.74, 6) is 1.78. The van der Waals surface area contributed by atoms with Crippen LogP contribution in [0.2, 0.25) is 5.02 Å². The van der Waals surface area contributed by atoms with E-state index in [0.29, 0.717) is 6.04 Å². The van der Waals surface area contributed by atoms with Crippen LogP contribution in [-0.4, -0.2) is 22.6 Å². The molecular weight excluding hydrogens is 326 g/mol. The summed E-state index contributed by atoms with van der Waals surface area (Å²) >= 11 is 7.90. The maximum Gasteiger partial charge on any atom is 0.173 e. The molecule has 1 aliphatic rings. The fourth-order valence-electron chi connectivity index (χ4n) is 3.25. The van der Waals surface area contributed by atoms with Crippen LogP contribution in [0, 0.1) is 0 Å². The molecule has 1 aliphatic heterocycles. The fraction of sp³-hybridized carbons (Fsp3) is 0.333.